The predicted molar refractivity (Wildman–Crippen MR) is 96.1 cm³/mol. The smallest absolute Gasteiger partial charge is 0.254 e. The molecule has 1 unspecified atom stereocenters. The van der Waals surface area contributed by atoms with Crippen molar-refractivity contribution < 1.29 is 13.2 Å². The van der Waals surface area contributed by atoms with Gasteiger partial charge >= 0.3 is 0 Å². The number of likely N-dealkylation sites (tertiary alicyclic amines) is 1. The van der Waals surface area contributed by atoms with Crippen molar-refractivity contribution in [1.29, 1.82) is 0 Å². The van der Waals surface area contributed by atoms with E-state index in [1.807, 2.05) is 10.3 Å². The molecule has 1 fully saturated rings. The largest absolute Gasteiger partial charge is 0.332 e. The lowest BCUT2D eigenvalue weighted by Crippen LogP contribution is -2.30. The molecule has 3 rings (SSSR count). The van der Waals surface area contributed by atoms with Crippen LogP contribution in [0.25, 0.3) is 0 Å². The summed E-state index contributed by atoms with van der Waals surface area (Å²) < 4.78 is 24.4. The van der Waals surface area contributed by atoms with Crippen molar-refractivity contribution in [2.45, 2.75) is 42.9 Å². The van der Waals surface area contributed by atoms with Crippen LogP contribution in [-0.2, 0) is 9.84 Å². The van der Waals surface area contributed by atoms with Gasteiger partial charge in [0.25, 0.3) is 5.91 Å². The van der Waals surface area contributed by atoms with Crippen LogP contribution in [0, 0.1) is 0 Å². The Bertz CT molecular complexity index is 808. The van der Waals surface area contributed by atoms with Gasteiger partial charge in [-0.25, -0.2) is 8.42 Å². The van der Waals surface area contributed by atoms with Gasteiger partial charge in [0.2, 0.25) is 0 Å². The second-order valence-electron chi connectivity index (χ2n) is 6.33. The van der Waals surface area contributed by atoms with Gasteiger partial charge in [-0.05, 0) is 73.3 Å². The van der Waals surface area contributed by atoms with Crippen molar-refractivity contribution >= 4 is 27.1 Å². The van der Waals surface area contributed by atoms with Crippen LogP contribution in [0.3, 0.4) is 0 Å². The first-order valence-corrected chi connectivity index (χ1v) is 10.6. The minimum absolute atomic E-state index is 0.0304. The third-order valence-electron chi connectivity index (χ3n) is 4.49. The zero-order valence-corrected chi connectivity index (χ0v) is 15.4. The van der Waals surface area contributed by atoms with Crippen molar-refractivity contribution in [3.8, 4) is 0 Å². The average molecular weight is 364 g/mol. The van der Waals surface area contributed by atoms with Crippen molar-refractivity contribution in [2.24, 2.45) is 0 Å². The number of hydrogen-bond donors (Lipinski definition) is 0. The van der Waals surface area contributed by atoms with E-state index < -0.39 is 15.1 Å². The lowest BCUT2D eigenvalue weighted by atomic mass is 10.1. The molecule has 2 aromatic rings. The molecule has 1 aliphatic rings. The van der Waals surface area contributed by atoms with Crippen LogP contribution < -0.4 is 0 Å². The Morgan fingerprint density at radius 3 is 2.50 bits per heavy atom. The maximum atomic E-state index is 12.8. The van der Waals surface area contributed by atoms with Gasteiger partial charge in [0.15, 0.2) is 9.84 Å². The molecule has 0 N–H and O–H groups in total. The maximum absolute atomic E-state index is 12.8. The van der Waals surface area contributed by atoms with Gasteiger partial charge in [0, 0.05) is 12.1 Å². The first-order valence-electron chi connectivity index (χ1n) is 8.08. The molecule has 1 saturated heterocycles. The number of carbonyl (C=O) groups is 1. The average Bonchev–Trinajstić information content (AvgIpc) is 3.24. The molecular weight excluding hydrogens is 342 g/mol. The summed E-state index contributed by atoms with van der Waals surface area (Å²) in [6.07, 6.45) is 1.97. The fourth-order valence-electron chi connectivity index (χ4n) is 3.05. The highest BCUT2D eigenvalue weighted by molar-refractivity contribution is 7.92. The molecule has 0 spiro atoms. The number of carbonyl (C=O) groups excluding carboxylic acids is 1. The van der Waals surface area contributed by atoms with E-state index in [1.165, 1.54) is 17.7 Å². The second-order valence-corrected chi connectivity index (χ2v) is 9.62. The summed E-state index contributed by atoms with van der Waals surface area (Å²) in [6, 6.07) is 8.53. The van der Waals surface area contributed by atoms with Gasteiger partial charge in [0.1, 0.15) is 0 Å². The Morgan fingerprint density at radius 2 is 1.92 bits per heavy atom. The molecule has 0 saturated carbocycles. The van der Waals surface area contributed by atoms with Gasteiger partial charge in [-0.1, -0.05) is 0 Å². The summed E-state index contributed by atoms with van der Waals surface area (Å²) >= 11 is 1.64. The van der Waals surface area contributed by atoms with Crippen molar-refractivity contribution in [3.63, 3.8) is 0 Å². The summed E-state index contributed by atoms with van der Waals surface area (Å²) in [5.41, 5.74) is 1.73. The molecule has 0 aliphatic carbocycles. The molecule has 1 aliphatic heterocycles. The van der Waals surface area contributed by atoms with E-state index in [0.717, 1.165) is 19.4 Å². The number of amides is 1. The molecule has 6 heteroatoms. The number of nitrogens with zero attached hydrogens (tertiary/aromatic N) is 1. The molecule has 2 heterocycles. The summed E-state index contributed by atoms with van der Waals surface area (Å²) in [5.74, 6) is -0.0304. The Morgan fingerprint density at radius 1 is 1.21 bits per heavy atom. The maximum Gasteiger partial charge on any atom is 0.254 e. The molecular formula is C18H21NO3S2. The highest BCUT2D eigenvalue weighted by atomic mass is 32.2. The summed E-state index contributed by atoms with van der Waals surface area (Å²) in [4.78, 5) is 15.0. The first-order chi connectivity index (χ1) is 11.4. The molecule has 1 amide bonds. The van der Waals surface area contributed by atoms with E-state index >= 15 is 0 Å². The molecule has 1 aromatic carbocycles. The Labute approximate surface area is 147 Å². The van der Waals surface area contributed by atoms with Gasteiger partial charge < -0.3 is 4.90 Å². The third-order valence-corrected chi connectivity index (χ3v) is 7.36. The van der Waals surface area contributed by atoms with Gasteiger partial charge in [-0.2, -0.15) is 11.3 Å². The number of thiophene rings is 1. The van der Waals surface area contributed by atoms with Crippen molar-refractivity contribution in [3.05, 3.63) is 52.2 Å². The monoisotopic (exact) mass is 363 g/mol. The molecule has 1 atom stereocenters. The van der Waals surface area contributed by atoms with Crippen molar-refractivity contribution in [1.82, 2.24) is 4.90 Å². The van der Waals surface area contributed by atoms with Crippen LogP contribution in [0.1, 0.15) is 48.7 Å². The minimum Gasteiger partial charge on any atom is -0.332 e. The van der Waals surface area contributed by atoms with E-state index in [0.29, 0.717) is 5.56 Å². The normalized spacial score (nSPS) is 18.3. The topological polar surface area (TPSA) is 54.5 Å². The number of benzene rings is 1. The van der Waals surface area contributed by atoms with Gasteiger partial charge in [-0.15, -0.1) is 0 Å². The second kappa shape index (κ2) is 6.69. The van der Waals surface area contributed by atoms with Crippen LogP contribution in [-0.4, -0.2) is 31.0 Å². The van der Waals surface area contributed by atoms with Crippen LogP contribution >= 0.6 is 11.3 Å². The molecule has 0 bridgehead atoms. The Hall–Kier alpha value is -1.66. The van der Waals surface area contributed by atoms with E-state index in [2.05, 4.69) is 11.4 Å². The molecule has 4 nitrogen and oxygen atoms in total. The highest BCUT2D eigenvalue weighted by Crippen LogP contribution is 2.34. The zero-order valence-electron chi connectivity index (χ0n) is 13.8. The van der Waals surface area contributed by atoms with Crippen LogP contribution in [0.4, 0.5) is 0 Å². The fourth-order valence-corrected chi connectivity index (χ4v) is 4.81. The first kappa shape index (κ1) is 17.2. The van der Waals surface area contributed by atoms with E-state index in [1.54, 1.807) is 37.3 Å². The number of hydrogen-bond acceptors (Lipinski definition) is 4. The molecule has 24 heavy (non-hydrogen) atoms. The molecule has 0 radical (unpaired) electrons. The van der Waals surface area contributed by atoms with E-state index in [9.17, 15) is 13.2 Å². The number of rotatable bonds is 4. The lowest BCUT2D eigenvalue weighted by molar-refractivity contribution is 0.0736. The molecule has 1 aromatic heterocycles. The standard InChI is InChI=1S/C18H21NO3S2/c1-13(2)24(21,22)16-7-5-14(6-8-16)18(20)19-10-3-4-17(19)15-9-11-23-12-15/h5-9,11-13,17H,3-4,10H2,1-2H3. The van der Waals surface area contributed by atoms with E-state index in [-0.39, 0.29) is 16.8 Å². The highest BCUT2D eigenvalue weighted by Gasteiger charge is 2.31. The van der Waals surface area contributed by atoms with Gasteiger partial charge in [-0.3, -0.25) is 4.79 Å². The van der Waals surface area contributed by atoms with E-state index in [4.69, 9.17) is 0 Å². The summed E-state index contributed by atoms with van der Waals surface area (Å²) in [5, 5.41) is 3.65. The van der Waals surface area contributed by atoms with Crippen LogP contribution in [0.5, 0.6) is 0 Å². The summed E-state index contributed by atoms with van der Waals surface area (Å²) in [7, 11) is -3.31. The quantitative estimate of drug-likeness (QED) is 0.828. The lowest BCUT2D eigenvalue weighted by Gasteiger charge is -2.24. The van der Waals surface area contributed by atoms with Crippen molar-refractivity contribution in [2.75, 3.05) is 6.54 Å². The van der Waals surface area contributed by atoms with Gasteiger partial charge in [0.05, 0.1) is 16.2 Å². The Balaban J connectivity index is 1.83. The Kier molecular flexibility index (Phi) is 4.78. The fraction of sp³-hybridized carbons (Fsp3) is 0.389. The third kappa shape index (κ3) is 3.13. The summed E-state index contributed by atoms with van der Waals surface area (Å²) in [6.45, 7) is 4.06. The predicted octanol–water partition coefficient (Wildman–Crippen LogP) is 3.91. The van der Waals surface area contributed by atoms with Crippen LogP contribution in [0.2, 0.25) is 0 Å². The SMILES string of the molecule is CC(C)S(=O)(=O)c1ccc(C(=O)N2CCCC2c2ccsc2)cc1. The minimum atomic E-state index is -3.31. The van der Waals surface area contributed by atoms with Crippen LogP contribution in [0.15, 0.2) is 46.0 Å². The number of sulfone groups is 1. The molecule has 128 valence electrons. The zero-order chi connectivity index (χ0) is 17.3.